The fourth-order valence-corrected chi connectivity index (χ4v) is 4.34. The average molecular weight is 595 g/mol. The Morgan fingerprint density at radius 2 is 1.53 bits per heavy atom. The minimum absolute atomic E-state index is 0.372. The van der Waals surface area contributed by atoms with Crippen LogP contribution in [-0.4, -0.2) is 50.6 Å². The monoisotopic (exact) mass is 595 g/mol. The Labute approximate surface area is 224 Å². The quantitative estimate of drug-likeness (QED) is 0.125. The first-order valence-electron chi connectivity index (χ1n) is 11.3. The van der Waals surface area contributed by atoms with E-state index < -0.39 is 0 Å². The van der Waals surface area contributed by atoms with Crippen molar-refractivity contribution in [2.75, 3.05) is 45.5 Å². The minimum atomic E-state index is 0.372. The number of benzene rings is 3. The number of aromatic nitrogens is 2. The summed E-state index contributed by atoms with van der Waals surface area (Å²) < 4.78 is 23.3. The molecule has 36 heavy (non-hydrogen) atoms. The van der Waals surface area contributed by atoms with E-state index in [2.05, 4.69) is 44.5 Å². The molecule has 0 radical (unpaired) electrons. The third-order valence-corrected chi connectivity index (χ3v) is 5.93. The maximum atomic E-state index is 6.03. The molecule has 3 aromatic carbocycles. The SMILES string of the molecule is C#Cc1cc(I)cc(N(c2ccccc2)c2ncnc3cc(OCCOC)c(OCCOC)cc23)c1. The van der Waals surface area contributed by atoms with Crippen molar-refractivity contribution in [3.63, 3.8) is 0 Å². The van der Waals surface area contributed by atoms with Crippen molar-refractivity contribution in [3.8, 4) is 23.8 Å². The number of hydrogen-bond donors (Lipinski definition) is 0. The molecule has 0 fully saturated rings. The van der Waals surface area contributed by atoms with Gasteiger partial charge in [-0.1, -0.05) is 24.1 Å². The van der Waals surface area contributed by atoms with Crippen LogP contribution in [0.5, 0.6) is 11.5 Å². The summed E-state index contributed by atoms with van der Waals surface area (Å²) in [5, 5.41) is 0.800. The first-order chi connectivity index (χ1) is 17.6. The second-order valence-corrected chi connectivity index (χ2v) is 8.95. The Morgan fingerprint density at radius 3 is 2.19 bits per heavy atom. The molecule has 0 amide bonds. The second-order valence-electron chi connectivity index (χ2n) is 7.71. The Bertz CT molecular complexity index is 1360. The molecular weight excluding hydrogens is 569 g/mol. The first kappa shape index (κ1) is 25.7. The largest absolute Gasteiger partial charge is 0.487 e. The lowest BCUT2D eigenvalue weighted by Gasteiger charge is -2.26. The average Bonchev–Trinajstić information content (AvgIpc) is 2.90. The van der Waals surface area contributed by atoms with Crippen molar-refractivity contribution in [2.45, 2.75) is 0 Å². The van der Waals surface area contributed by atoms with Crippen LogP contribution in [0.15, 0.2) is 67.0 Å². The van der Waals surface area contributed by atoms with Crippen LogP contribution in [0.25, 0.3) is 10.9 Å². The lowest BCUT2D eigenvalue weighted by molar-refractivity contribution is 0.132. The fourth-order valence-electron chi connectivity index (χ4n) is 3.68. The Morgan fingerprint density at radius 1 is 0.833 bits per heavy atom. The minimum Gasteiger partial charge on any atom is -0.487 e. The summed E-state index contributed by atoms with van der Waals surface area (Å²) in [4.78, 5) is 11.3. The highest BCUT2D eigenvalue weighted by Crippen LogP contribution is 2.41. The predicted octanol–water partition coefficient (Wildman–Crippen LogP) is 5.74. The predicted molar refractivity (Wildman–Crippen MR) is 150 cm³/mol. The molecule has 0 atom stereocenters. The van der Waals surface area contributed by atoms with Gasteiger partial charge in [-0.25, -0.2) is 9.97 Å². The highest BCUT2D eigenvalue weighted by molar-refractivity contribution is 14.1. The number of ether oxygens (including phenoxy) is 4. The molecule has 1 aromatic heterocycles. The molecule has 1 heterocycles. The van der Waals surface area contributed by atoms with Gasteiger partial charge >= 0.3 is 0 Å². The summed E-state index contributed by atoms with van der Waals surface area (Å²) in [6.45, 7) is 1.65. The number of halogens is 1. The molecule has 0 aliphatic heterocycles. The van der Waals surface area contributed by atoms with E-state index in [-0.39, 0.29) is 0 Å². The molecule has 0 saturated heterocycles. The van der Waals surface area contributed by atoms with Crippen molar-refractivity contribution in [1.29, 1.82) is 0 Å². The molecule has 184 valence electrons. The molecule has 0 bridgehead atoms. The lowest BCUT2D eigenvalue weighted by Crippen LogP contribution is -2.13. The van der Waals surface area contributed by atoms with Crippen LogP contribution >= 0.6 is 22.6 Å². The Hall–Kier alpha value is -3.39. The second kappa shape index (κ2) is 12.5. The molecule has 0 spiro atoms. The van der Waals surface area contributed by atoms with Crippen LogP contribution in [0.3, 0.4) is 0 Å². The van der Waals surface area contributed by atoms with E-state index in [1.54, 1.807) is 20.5 Å². The van der Waals surface area contributed by atoms with Crippen molar-refractivity contribution in [1.82, 2.24) is 9.97 Å². The fraction of sp³-hybridized carbons (Fsp3) is 0.214. The van der Waals surface area contributed by atoms with Crippen LogP contribution in [0.1, 0.15) is 5.56 Å². The van der Waals surface area contributed by atoms with Crippen molar-refractivity contribution in [2.24, 2.45) is 0 Å². The lowest BCUT2D eigenvalue weighted by atomic mass is 10.1. The summed E-state index contributed by atoms with van der Waals surface area (Å²) >= 11 is 2.28. The number of para-hydroxylation sites is 1. The van der Waals surface area contributed by atoms with Gasteiger partial charge in [0, 0.05) is 46.2 Å². The van der Waals surface area contributed by atoms with E-state index in [9.17, 15) is 0 Å². The van der Waals surface area contributed by atoms with Gasteiger partial charge in [0.25, 0.3) is 0 Å². The zero-order valence-corrected chi connectivity index (χ0v) is 22.3. The third kappa shape index (κ3) is 6.05. The molecule has 4 rings (SSSR count). The number of hydrogen-bond acceptors (Lipinski definition) is 7. The van der Waals surface area contributed by atoms with E-state index >= 15 is 0 Å². The highest BCUT2D eigenvalue weighted by atomic mass is 127. The van der Waals surface area contributed by atoms with E-state index in [0.29, 0.717) is 43.7 Å². The molecule has 4 aromatic rings. The molecule has 0 aliphatic rings. The van der Waals surface area contributed by atoms with E-state index in [0.717, 1.165) is 31.4 Å². The number of terminal acetylenes is 1. The molecule has 0 aliphatic carbocycles. The summed E-state index contributed by atoms with van der Waals surface area (Å²) in [6.07, 6.45) is 7.30. The molecular formula is C28H26IN3O4. The van der Waals surface area contributed by atoms with Gasteiger partial charge in [0.1, 0.15) is 25.4 Å². The van der Waals surface area contributed by atoms with Crippen LogP contribution in [0, 0.1) is 15.9 Å². The van der Waals surface area contributed by atoms with E-state index in [1.807, 2.05) is 54.6 Å². The van der Waals surface area contributed by atoms with Gasteiger partial charge in [0.15, 0.2) is 11.5 Å². The maximum Gasteiger partial charge on any atom is 0.163 e. The zero-order chi connectivity index (χ0) is 25.3. The van der Waals surface area contributed by atoms with Crippen LogP contribution in [0.4, 0.5) is 17.2 Å². The number of methoxy groups -OCH3 is 2. The maximum absolute atomic E-state index is 6.03. The van der Waals surface area contributed by atoms with Gasteiger partial charge in [-0.3, -0.25) is 4.90 Å². The number of rotatable bonds is 11. The Kier molecular flexibility index (Phi) is 8.95. The van der Waals surface area contributed by atoms with Crippen molar-refractivity contribution in [3.05, 3.63) is 76.1 Å². The molecule has 0 N–H and O–H groups in total. The zero-order valence-electron chi connectivity index (χ0n) is 20.1. The third-order valence-electron chi connectivity index (χ3n) is 5.30. The van der Waals surface area contributed by atoms with Crippen LogP contribution in [-0.2, 0) is 9.47 Å². The number of fused-ring (bicyclic) bond motifs is 1. The van der Waals surface area contributed by atoms with Gasteiger partial charge in [0.05, 0.1) is 18.7 Å². The Balaban J connectivity index is 1.90. The van der Waals surface area contributed by atoms with Gasteiger partial charge in [-0.15, -0.1) is 6.42 Å². The van der Waals surface area contributed by atoms with Gasteiger partial charge in [0.2, 0.25) is 0 Å². The molecule has 7 nitrogen and oxygen atoms in total. The summed E-state index contributed by atoms with van der Waals surface area (Å²) in [5.74, 6) is 4.60. The highest BCUT2D eigenvalue weighted by Gasteiger charge is 2.20. The van der Waals surface area contributed by atoms with Crippen molar-refractivity contribution < 1.29 is 18.9 Å². The van der Waals surface area contributed by atoms with Crippen LogP contribution in [0.2, 0.25) is 0 Å². The smallest absolute Gasteiger partial charge is 0.163 e. The van der Waals surface area contributed by atoms with E-state index in [4.69, 9.17) is 30.4 Å². The van der Waals surface area contributed by atoms with Gasteiger partial charge in [-0.2, -0.15) is 0 Å². The normalized spacial score (nSPS) is 10.7. The number of nitrogens with zero attached hydrogens (tertiary/aromatic N) is 3. The number of anilines is 3. The topological polar surface area (TPSA) is 65.9 Å². The van der Waals surface area contributed by atoms with Gasteiger partial charge < -0.3 is 18.9 Å². The molecule has 0 unspecified atom stereocenters. The van der Waals surface area contributed by atoms with Crippen molar-refractivity contribution >= 4 is 50.7 Å². The summed E-state index contributed by atoms with van der Waals surface area (Å²) in [7, 11) is 3.27. The first-order valence-corrected chi connectivity index (χ1v) is 12.4. The van der Waals surface area contributed by atoms with Gasteiger partial charge in [-0.05, 0) is 59.0 Å². The standard InChI is InChI=1S/C28H26IN3O4/c1-4-20-14-21(29)16-23(15-20)32(22-8-6-5-7-9-22)28-24-17-26(35-12-10-33-2)27(36-13-11-34-3)18-25(24)30-19-31-28/h1,5-9,14-19H,10-13H2,2-3H3. The summed E-state index contributed by atoms with van der Waals surface area (Å²) in [5.41, 5.74) is 3.33. The van der Waals surface area contributed by atoms with E-state index in [1.165, 1.54) is 0 Å². The molecule has 8 heteroatoms. The van der Waals surface area contributed by atoms with Crippen LogP contribution < -0.4 is 14.4 Å². The summed E-state index contributed by atoms with van der Waals surface area (Å²) in [6, 6.07) is 19.8. The molecule has 0 saturated carbocycles.